The lowest BCUT2D eigenvalue weighted by atomic mass is 9.98. The van der Waals surface area contributed by atoms with Gasteiger partial charge in [-0.1, -0.05) is 13.3 Å². The van der Waals surface area contributed by atoms with Gasteiger partial charge in [0.05, 0.1) is 5.56 Å². The maximum atomic E-state index is 12.9. The third kappa shape index (κ3) is 2.01. The summed E-state index contributed by atoms with van der Waals surface area (Å²) < 4.78 is 18.5. The summed E-state index contributed by atoms with van der Waals surface area (Å²) in [6.45, 7) is 2.05. The fraction of sp³-hybridized carbons (Fsp3) is 0.417. The van der Waals surface area contributed by atoms with Gasteiger partial charge in [0.15, 0.2) is 5.78 Å². The van der Waals surface area contributed by atoms with Crippen LogP contribution in [0.5, 0.6) is 5.75 Å². The van der Waals surface area contributed by atoms with Crippen molar-refractivity contribution in [1.29, 1.82) is 0 Å². The molecule has 0 radical (unpaired) electrons. The molecule has 0 N–H and O–H groups in total. The summed E-state index contributed by atoms with van der Waals surface area (Å²) in [5, 5.41) is 0. The molecule has 3 heteroatoms. The molecule has 0 aromatic heterocycles. The van der Waals surface area contributed by atoms with Gasteiger partial charge in [-0.3, -0.25) is 4.79 Å². The van der Waals surface area contributed by atoms with Gasteiger partial charge in [0.2, 0.25) is 0 Å². The van der Waals surface area contributed by atoms with Crippen LogP contribution in [0.4, 0.5) is 4.39 Å². The number of halogens is 1. The van der Waals surface area contributed by atoms with E-state index in [4.69, 9.17) is 4.74 Å². The molecule has 1 atom stereocenters. The molecule has 0 amide bonds. The monoisotopic (exact) mass is 208 g/mol. The Balaban J connectivity index is 2.28. The van der Waals surface area contributed by atoms with Crippen LogP contribution in [-0.4, -0.2) is 11.9 Å². The molecule has 0 saturated carbocycles. The lowest BCUT2D eigenvalue weighted by Crippen LogP contribution is -2.26. The number of hydrogen-bond donors (Lipinski definition) is 0. The number of rotatable bonds is 2. The Hall–Kier alpha value is -1.38. The molecule has 2 nitrogen and oxygen atoms in total. The second kappa shape index (κ2) is 4.01. The van der Waals surface area contributed by atoms with Crippen LogP contribution in [0.2, 0.25) is 0 Å². The first-order chi connectivity index (χ1) is 7.20. The van der Waals surface area contributed by atoms with Crippen LogP contribution in [0.15, 0.2) is 18.2 Å². The smallest absolute Gasteiger partial charge is 0.170 e. The van der Waals surface area contributed by atoms with E-state index in [1.54, 1.807) is 0 Å². The van der Waals surface area contributed by atoms with Crippen molar-refractivity contribution >= 4 is 5.78 Å². The lowest BCUT2D eigenvalue weighted by molar-refractivity contribution is 0.0837. The van der Waals surface area contributed by atoms with Crippen LogP contribution in [0, 0.1) is 5.82 Å². The molecular weight excluding hydrogens is 195 g/mol. The van der Waals surface area contributed by atoms with Gasteiger partial charge < -0.3 is 4.74 Å². The summed E-state index contributed by atoms with van der Waals surface area (Å²) in [6.07, 6.45) is 2.17. The molecule has 0 bridgehead atoms. The van der Waals surface area contributed by atoms with Crippen LogP contribution in [-0.2, 0) is 0 Å². The number of carbonyl (C=O) groups excluding carboxylic acids is 1. The molecule has 1 aliphatic rings. The van der Waals surface area contributed by atoms with Gasteiger partial charge >= 0.3 is 0 Å². The lowest BCUT2D eigenvalue weighted by Gasteiger charge is -2.24. The summed E-state index contributed by atoms with van der Waals surface area (Å²) in [6, 6.07) is 4.10. The largest absolute Gasteiger partial charge is 0.489 e. The average molecular weight is 208 g/mol. The molecule has 15 heavy (non-hydrogen) atoms. The number of benzene rings is 1. The summed E-state index contributed by atoms with van der Waals surface area (Å²) in [4.78, 5) is 11.7. The first kappa shape index (κ1) is 10.1. The Bertz CT molecular complexity index is 387. The first-order valence-corrected chi connectivity index (χ1v) is 5.20. The van der Waals surface area contributed by atoms with E-state index in [1.807, 2.05) is 6.92 Å². The first-order valence-electron chi connectivity index (χ1n) is 5.20. The molecule has 0 fully saturated rings. The van der Waals surface area contributed by atoms with Crippen molar-refractivity contribution < 1.29 is 13.9 Å². The van der Waals surface area contributed by atoms with E-state index in [2.05, 4.69) is 0 Å². The van der Waals surface area contributed by atoms with E-state index >= 15 is 0 Å². The third-order valence-electron chi connectivity index (χ3n) is 2.56. The van der Waals surface area contributed by atoms with Crippen molar-refractivity contribution in [1.82, 2.24) is 0 Å². The van der Waals surface area contributed by atoms with Gasteiger partial charge in [-0.15, -0.1) is 0 Å². The van der Waals surface area contributed by atoms with Gasteiger partial charge in [0.25, 0.3) is 0 Å². The summed E-state index contributed by atoms with van der Waals surface area (Å²) >= 11 is 0. The molecule has 2 rings (SSSR count). The molecule has 1 aliphatic heterocycles. The van der Waals surface area contributed by atoms with Crippen molar-refractivity contribution in [2.24, 2.45) is 0 Å². The maximum absolute atomic E-state index is 12.9. The van der Waals surface area contributed by atoms with E-state index < -0.39 is 0 Å². The minimum Gasteiger partial charge on any atom is -0.489 e. The van der Waals surface area contributed by atoms with Gasteiger partial charge in [-0.05, 0) is 24.6 Å². The number of fused-ring (bicyclic) bond motifs is 1. The van der Waals surface area contributed by atoms with E-state index in [9.17, 15) is 9.18 Å². The molecule has 0 spiro atoms. The highest BCUT2D eigenvalue weighted by Gasteiger charge is 2.25. The minimum absolute atomic E-state index is 0.0193. The minimum atomic E-state index is -0.389. The average Bonchev–Trinajstić information content (AvgIpc) is 2.20. The van der Waals surface area contributed by atoms with E-state index in [-0.39, 0.29) is 17.7 Å². The maximum Gasteiger partial charge on any atom is 0.170 e. The second-order valence-electron chi connectivity index (χ2n) is 3.80. The molecule has 1 aromatic rings. The Morgan fingerprint density at radius 2 is 2.33 bits per heavy atom. The predicted molar refractivity (Wildman–Crippen MR) is 54.7 cm³/mol. The molecule has 1 aromatic carbocycles. The zero-order valence-electron chi connectivity index (χ0n) is 8.63. The van der Waals surface area contributed by atoms with E-state index in [0.29, 0.717) is 17.7 Å². The molecular formula is C12H13FO2. The molecule has 0 saturated heterocycles. The van der Waals surface area contributed by atoms with Crippen molar-refractivity contribution in [3.05, 3.63) is 29.6 Å². The van der Waals surface area contributed by atoms with Crippen molar-refractivity contribution in [3.63, 3.8) is 0 Å². The van der Waals surface area contributed by atoms with E-state index in [0.717, 1.165) is 12.8 Å². The number of ketones is 1. The fourth-order valence-electron chi connectivity index (χ4n) is 1.84. The zero-order chi connectivity index (χ0) is 10.8. The number of hydrogen-bond acceptors (Lipinski definition) is 2. The molecule has 1 heterocycles. The van der Waals surface area contributed by atoms with Crippen LogP contribution >= 0.6 is 0 Å². The molecule has 1 unspecified atom stereocenters. The fourth-order valence-corrected chi connectivity index (χ4v) is 1.84. The normalized spacial score (nSPS) is 19.6. The predicted octanol–water partition coefficient (Wildman–Crippen LogP) is 2.96. The van der Waals surface area contributed by atoms with Gasteiger partial charge in [0.1, 0.15) is 17.7 Å². The van der Waals surface area contributed by atoms with Gasteiger partial charge in [0, 0.05) is 6.42 Å². The topological polar surface area (TPSA) is 26.3 Å². The Morgan fingerprint density at radius 3 is 3.07 bits per heavy atom. The standard InChI is InChI=1S/C12H13FO2/c1-2-3-9-7-11(14)10-6-8(13)4-5-12(10)15-9/h4-6,9H,2-3,7H2,1H3. The van der Waals surface area contributed by atoms with Crippen molar-refractivity contribution in [2.75, 3.05) is 0 Å². The summed E-state index contributed by atoms with van der Waals surface area (Å²) in [5.74, 6) is 0.111. The highest BCUT2D eigenvalue weighted by molar-refractivity contribution is 5.99. The highest BCUT2D eigenvalue weighted by Crippen LogP contribution is 2.29. The number of Topliss-reactive ketones (excluding diaryl/α,β-unsaturated/α-hetero) is 1. The Kier molecular flexibility index (Phi) is 2.71. The quantitative estimate of drug-likeness (QED) is 0.746. The Morgan fingerprint density at radius 1 is 1.53 bits per heavy atom. The third-order valence-corrected chi connectivity index (χ3v) is 2.56. The molecule has 80 valence electrons. The van der Waals surface area contributed by atoms with Gasteiger partial charge in [-0.25, -0.2) is 4.39 Å². The SMILES string of the molecule is CCCC1CC(=O)c2cc(F)ccc2O1. The van der Waals surface area contributed by atoms with Crippen molar-refractivity contribution in [3.8, 4) is 5.75 Å². The highest BCUT2D eigenvalue weighted by atomic mass is 19.1. The molecule has 0 aliphatic carbocycles. The van der Waals surface area contributed by atoms with Gasteiger partial charge in [-0.2, -0.15) is 0 Å². The summed E-state index contributed by atoms with van der Waals surface area (Å²) in [5.41, 5.74) is 0.377. The van der Waals surface area contributed by atoms with Crippen molar-refractivity contribution in [2.45, 2.75) is 32.3 Å². The van der Waals surface area contributed by atoms with E-state index in [1.165, 1.54) is 18.2 Å². The van der Waals surface area contributed by atoms with Crippen LogP contribution in [0.3, 0.4) is 0 Å². The van der Waals surface area contributed by atoms with Crippen LogP contribution in [0.25, 0.3) is 0 Å². The number of ether oxygens (including phenoxy) is 1. The second-order valence-corrected chi connectivity index (χ2v) is 3.80. The number of carbonyl (C=O) groups is 1. The Labute approximate surface area is 88.1 Å². The zero-order valence-corrected chi connectivity index (χ0v) is 8.63. The summed E-state index contributed by atoms with van der Waals surface area (Å²) in [7, 11) is 0. The van der Waals surface area contributed by atoms with Crippen LogP contribution < -0.4 is 4.74 Å². The van der Waals surface area contributed by atoms with Crippen LogP contribution in [0.1, 0.15) is 36.5 Å².